The average molecular weight is 446 g/mol. The molecule has 3 rings (SSSR count). The maximum absolute atomic E-state index is 12.7. The van der Waals surface area contributed by atoms with Gasteiger partial charge in [0, 0.05) is 21.9 Å². The molecule has 138 valence electrons. The SMILES string of the molecule is Cc1ccc(C(=O)Nc2ccc(Br)cc2)cc1S(=O)(=O)Nc1ccccn1. The van der Waals surface area contributed by atoms with Crippen LogP contribution in [0.4, 0.5) is 11.5 Å². The molecule has 0 aliphatic carbocycles. The number of aryl methyl sites for hydroxylation is 1. The molecule has 1 amide bonds. The van der Waals surface area contributed by atoms with Crippen LogP contribution in [0.3, 0.4) is 0 Å². The zero-order valence-electron chi connectivity index (χ0n) is 14.3. The van der Waals surface area contributed by atoms with E-state index in [0.29, 0.717) is 11.3 Å². The Morgan fingerprint density at radius 1 is 1.04 bits per heavy atom. The average Bonchev–Trinajstić information content (AvgIpc) is 2.64. The number of pyridine rings is 1. The summed E-state index contributed by atoms with van der Waals surface area (Å²) < 4.78 is 28.7. The van der Waals surface area contributed by atoms with Crippen molar-refractivity contribution in [3.63, 3.8) is 0 Å². The molecule has 0 saturated carbocycles. The Morgan fingerprint density at radius 2 is 1.78 bits per heavy atom. The topological polar surface area (TPSA) is 88.2 Å². The van der Waals surface area contributed by atoms with Gasteiger partial charge in [-0.1, -0.05) is 28.1 Å². The summed E-state index contributed by atoms with van der Waals surface area (Å²) in [6.45, 7) is 1.67. The van der Waals surface area contributed by atoms with Gasteiger partial charge in [0.25, 0.3) is 15.9 Å². The number of rotatable bonds is 5. The van der Waals surface area contributed by atoms with Crippen LogP contribution in [0.5, 0.6) is 0 Å². The monoisotopic (exact) mass is 445 g/mol. The first-order chi connectivity index (χ1) is 12.8. The predicted octanol–water partition coefficient (Wildman–Crippen LogP) is 4.21. The summed E-state index contributed by atoms with van der Waals surface area (Å²) in [5.41, 5.74) is 1.38. The molecule has 6 nitrogen and oxygen atoms in total. The molecule has 3 aromatic rings. The minimum Gasteiger partial charge on any atom is -0.322 e. The smallest absolute Gasteiger partial charge is 0.263 e. The normalized spacial score (nSPS) is 11.0. The molecule has 0 saturated heterocycles. The summed E-state index contributed by atoms with van der Waals surface area (Å²) >= 11 is 3.33. The number of carbonyl (C=O) groups excluding carboxylic acids is 1. The van der Waals surface area contributed by atoms with E-state index in [2.05, 4.69) is 31.0 Å². The molecule has 1 heterocycles. The summed E-state index contributed by atoms with van der Waals surface area (Å²) in [6, 6.07) is 16.6. The van der Waals surface area contributed by atoms with Gasteiger partial charge in [0.1, 0.15) is 5.82 Å². The molecule has 0 bridgehead atoms. The van der Waals surface area contributed by atoms with Crippen LogP contribution in [0.1, 0.15) is 15.9 Å². The Balaban J connectivity index is 1.87. The van der Waals surface area contributed by atoms with Crippen molar-refractivity contribution in [2.24, 2.45) is 0 Å². The molecule has 0 radical (unpaired) electrons. The number of benzene rings is 2. The van der Waals surface area contributed by atoms with Crippen LogP contribution in [0.2, 0.25) is 0 Å². The van der Waals surface area contributed by atoms with Crippen molar-refractivity contribution < 1.29 is 13.2 Å². The first kappa shape index (κ1) is 19.1. The second kappa shape index (κ2) is 7.89. The molecule has 0 spiro atoms. The highest BCUT2D eigenvalue weighted by molar-refractivity contribution is 9.10. The van der Waals surface area contributed by atoms with Gasteiger partial charge < -0.3 is 5.32 Å². The quantitative estimate of drug-likeness (QED) is 0.615. The first-order valence-electron chi connectivity index (χ1n) is 7.96. The van der Waals surface area contributed by atoms with Crippen LogP contribution in [0.15, 0.2) is 76.2 Å². The summed E-state index contributed by atoms with van der Waals surface area (Å²) in [7, 11) is -3.88. The minimum atomic E-state index is -3.88. The molecule has 2 N–H and O–H groups in total. The number of hydrogen-bond acceptors (Lipinski definition) is 4. The lowest BCUT2D eigenvalue weighted by Gasteiger charge is -2.12. The van der Waals surface area contributed by atoms with Crippen molar-refractivity contribution in [3.8, 4) is 0 Å². The lowest BCUT2D eigenvalue weighted by Crippen LogP contribution is -2.17. The number of nitrogens with one attached hydrogen (secondary N) is 2. The summed E-state index contributed by atoms with van der Waals surface area (Å²) in [5, 5.41) is 2.75. The van der Waals surface area contributed by atoms with Gasteiger partial charge in [-0.3, -0.25) is 9.52 Å². The number of carbonyl (C=O) groups is 1. The van der Waals surface area contributed by atoms with Crippen molar-refractivity contribution in [2.45, 2.75) is 11.8 Å². The summed E-state index contributed by atoms with van der Waals surface area (Å²) in [5.74, 6) is -0.187. The van der Waals surface area contributed by atoms with Crippen molar-refractivity contribution in [3.05, 3.63) is 82.5 Å². The fourth-order valence-corrected chi connectivity index (χ4v) is 3.93. The summed E-state index contributed by atoms with van der Waals surface area (Å²) in [4.78, 5) is 16.5. The Bertz CT molecular complexity index is 1070. The van der Waals surface area contributed by atoms with Gasteiger partial charge in [0.2, 0.25) is 0 Å². The van der Waals surface area contributed by atoms with E-state index in [1.165, 1.54) is 12.3 Å². The number of hydrogen-bond donors (Lipinski definition) is 2. The molecule has 0 unspecified atom stereocenters. The van der Waals surface area contributed by atoms with Gasteiger partial charge >= 0.3 is 0 Å². The van der Waals surface area contributed by atoms with Crippen LogP contribution in [-0.4, -0.2) is 19.3 Å². The zero-order chi connectivity index (χ0) is 19.4. The third kappa shape index (κ3) is 4.72. The third-order valence-electron chi connectivity index (χ3n) is 3.75. The molecule has 0 atom stereocenters. The lowest BCUT2D eigenvalue weighted by atomic mass is 10.1. The van der Waals surface area contributed by atoms with Gasteiger partial charge in [-0.15, -0.1) is 0 Å². The third-order valence-corrected chi connectivity index (χ3v) is 5.77. The fourth-order valence-electron chi connectivity index (χ4n) is 2.38. The van der Waals surface area contributed by atoms with E-state index in [4.69, 9.17) is 0 Å². The molecule has 0 aliphatic heterocycles. The fraction of sp³-hybridized carbons (Fsp3) is 0.0526. The highest BCUT2D eigenvalue weighted by Gasteiger charge is 2.20. The van der Waals surface area contributed by atoms with Gasteiger partial charge in [-0.25, -0.2) is 13.4 Å². The van der Waals surface area contributed by atoms with Gasteiger partial charge in [0.15, 0.2) is 0 Å². The number of anilines is 2. The second-order valence-electron chi connectivity index (χ2n) is 5.76. The number of sulfonamides is 1. The van der Waals surface area contributed by atoms with E-state index >= 15 is 0 Å². The van der Waals surface area contributed by atoms with Crippen molar-refractivity contribution in [1.29, 1.82) is 0 Å². The van der Waals surface area contributed by atoms with Crippen LogP contribution in [0.25, 0.3) is 0 Å². The Hall–Kier alpha value is -2.71. The Morgan fingerprint density at radius 3 is 2.44 bits per heavy atom. The maximum atomic E-state index is 12.7. The number of amides is 1. The molecule has 1 aromatic heterocycles. The first-order valence-corrected chi connectivity index (χ1v) is 10.2. The predicted molar refractivity (Wildman–Crippen MR) is 108 cm³/mol. The number of nitrogens with zero attached hydrogens (tertiary/aromatic N) is 1. The maximum Gasteiger partial charge on any atom is 0.263 e. The molecule has 0 fully saturated rings. The largest absolute Gasteiger partial charge is 0.322 e. The summed E-state index contributed by atoms with van der Waals surface area (Å²) in [6.07, 6.45) is 1.49. The molecule has 8 heteroatoms. The van der Waals surface area contributed by atoms with Crippen LogP contribution in [-0.2, 0) is 10.0 Å². The molecule has 27 heavy (non-hydrogen) atoms. The zero-order valence-corrected chi connectivity index (χ0v) is 16.7. The van der Waals surface area contributed by atoms with Gasteiger partial charge in [-0.05, 0) is 61.0 Å². The van der Waals surface area contributed by atoms with E-state index in [1.54, 1.807) is 61.5 Å². The van der Waals surface area contributed by atoms with E-state index in [-0.39, 0.29) is 16.3 Å². The van der Waals surface area contributed by atoms with Crippen molar-refractivity contribution >= 4 is 43.4 Å². The van der Waals surface area contributed by atoms with Crippen molar-refractivity contribution in [2.75, 3.05) is 10.0 Å². The van der Waals surface area contributed by atoms with E-state index in [1.807, 2.05) is 0 Å². The number of halogens is 1. The highest BCUT2D eigenvalue weighted by Crippen LogP contribution is 2.21. The second-order valence-corrected chi connectivity index (χ2v) is 8.33. The van der Waals surface area contributed by atoms with E-state index < -0.39 is 15.9 Å². The molecule has 2 aromatic carbocycles. The van der Waals surface area contributed by atoms with Crippen LogP contribution < -0.4 is 10.0 Å². The molecular weight excluding hydrogens is 430 g/mol. The van der Waals surface area contributed by atoms with Crippen LogP contribution >= 0.6 is 15.9 Å². The standard InChI is InChI=1S/C19H16BrN3O3S/c1-13-5-6-14(19(24)22-16-9-7-15(20)8-10-16)12-17(13)27(25,26)23-18-4-2-3-11-21-18/h2-12H,1H3,(H,21,23)(H,22,24). The highest BCUT2D eigenvalue weighted by atomic mass is 79.9. The van der Waals surface area contributed by atoms with E-state index in [9.17, 15) is 13.2 Å². The minimum absolute atomic E-state index is 0.0246. The Labute approximate surface area is 165 Å². The van der Waals surface area contributed by atoms with E-state index in [0.717, 1.165) is 4.47 Å². The molecule has 0 aliphatic rings. The van der Waals surface area contributed by atoms with Crippen LogP contribution in [0, 0.1) is 6.92 Å². The molecular formula is C19H16BrN3O3S. The van der Waals surface area contributed by atoms with Gasteiger partial charge in [-0.2, -0.15) is 0 Å². The van der Waals surface area contributed by atoms with Gasteiger partial charge in [0.05, 0.1) is 4.90 Å². The number of aromatic nitrogens is 1. The lowest BCUT2D eigenvalue weighted by molar-refractivity contribution is 0.102. The Kier molecular flexibility index (Phi) is 5.57. The van der Waals surface area contributed by atoms with Crippen molar-refractivity contribution in [1.82, 2.24) is 4.98 Å².